The lowest BCUT2D eigenvalue weighted by Crippen LogP contribution is -2.29. The van der Waals surface area contributed by atoms with Gasteiger partial charge in [0.05, 0.1) is 17.6 Å². The molecule has 0 saturated heterocycles. The number of ether oxygens (including phenoxy) is 1. The van der Waals surface area contributed by atoms with Gasteiger partial charge in [-0.15, -0.1) is 0 Å². The van der Waals surface area contributed by atoms with Crippen LogP contribution in [-0.2, 0) is 14.8 Å². The van der Waals surface area contributed by atoms with Gasteiger partial charge in [0.2, 0.25) is 10.0 Å². The molecule has 0 saturated carbocycles. The number of benzene rings is 2. The minimum atomic E-state index is -3.78. The molecule has 2 aromatic rings. The number of rotatable bonds is 7. The number of hydrogen-bond donors (Lipinski definition) is 1. The second kappa shape index (κ2) is 8.27. The highest BCUT2D eigenvalue weighted by molar-refractivity contribution is 7.89. The lowest BCUT2D eigenvalue weighted by molar-refractivity contribution is 0.0600. The topological polar surface area (TPSA) is 72.5 Å². The van der Waals surface area contributed by atoms with E-state index in [1.54, 1.807) is 0 Å². The number of hydrogen-bond acceptors (Lipinski definition) is 4. The summed E-state index contributed by atoms with van der Waals surface area (Å²) in [7, 11) is -2.52. The van der Waals surface area contributed by atoms with Gasteiger partial charge in [0, 0.05) is 6.04 Å². The molecular weight excluding hydrogens is 338 g/mol. The summed E-state index contributed by atoms with van der Waals surface area (Å²) in [6, 6.07) is 15.0. The molecule has 0 aliphatic rings. The zero-order valence-electron chi connectivity index (χ0n) is 14.6. The van der Waals surface area contributed by atoms with Crippen LogP contribution in [0.2, 0.25) is 0 Å². The van der Waals surface area contributed by atoms with Gasteiger partial charge in [-0.2, -0.15) is 0 Å². The average Bonchev–Trinajstić information content (AvgIpc) is 2.60. The number of sulfonamides is 1. The Bertz CT molecular complexity index is 816. The van der Waals surface area contributed by atoms with Crippen LogP contribution in [-0.4, -0.2) is 21.5 Å². The Morgan fingerprint density at radius 1 is 1.08 bits per heavy atom. The largest absolute Gasteiger partial charge is 0.465 e. The molecule has 25 heavy (non-hydrogen) atoms. The van der Waals surface area contributed by atoms with Crippen molar-refractivity contribution in [1.29, 1.82) is 0 Å². The Morgan fingerprint density at radius 2 is 1.76 bits per heavy atom. The SMILES string of the molecule is COC(=O)c1cccc(S(=O)(=O)N[C@@H](CC(C)C)c2ccccc2)c1. The highest BCUT2D eigenvalue weighted by Crippen LogP contribution is 2.24. The fourth-order valence-electron chi connectivity index (χ4n) is 2.57. The normalized spacial score (nSPS) is 12.8. The van der Waals surface area contributed by atoms with Crippen LogP contribution in [0.15, 0.2) is 59.5 Å². The number of carbonyl (C=O) groups is 1. The molecule has 0 spiro atoms. The Balaban J connectivity index is 2.33. The smallest absolute Gasteiger partial charge is 0.337 e. The molecule has 0 radical (unpaired) electrons. The van der Waals surface area contributed by atoms with E-state index in [-0.39, 0.29) is 16.5 Å². The molecule has 6 heteroatoms. The molecule has 5 nitrogen and oxygen atoms in total. The van der Waals surface area contributed by atoms with Crippen molar-refractivity contribution in [3.8, 4) is 0 Å². The standard InChI is InChI=1S/C19H23NO4S/c1-14(2)12-18(15-8-5-4-6-9-15)20-25(22,23)17-11-7-10-16(13-17)19(21)24-3/h4-11,13-14,18,20H,12H2,1-3H3/t18-/m0/s1. The molecule has 0 aromatic heterocycles. The predicted octanol–water partition coefficient (Wildman–Crippen LogP) is 3.54. The molecule has 0 heterocycles. The van der Waals surface area contributed by atoms with Crippen molar-refractivity contribution in [3.05, 3.63) is 65.7 Å². The number of esters is 1. The van der Waals surface area contributed by atoms with Crippen LogP contribution in [0.3, 0.4) is 0 Å². The second-order valence-electron chi connectivity index (χ2n) is 6.23. The molecule has 1 atom stereocenters. The van der Waals surface area contributed by atoms with Gasteiger partial charge in [0.25, 0.3) is 0 Å². The van der Waals surface area contributed by atoms with Crippen LogP contribution < -0.4 is 4.72 Å². The molecular formula is C19H23NO4S. The van der Waals surface area contributed by atoms with Gasteiger partial charge in [-0.25, -0.2) is 17.9 Å². The Labute approximate surface area is 149 Å². The van der Waals surface area contributed by atoms with Gasteiger partial charge in [-0.05, 0) is 36.1 Å². The number of carbonyl (C=O) groups excluding carboxylic acids is 1. The molecule has 2 rings (SSSR count). The van der Waals surface area contributed by atoms with Gasteiger partial charge in [0.15, 0.2) is 0 Å². The van der Waals surface area contributed by atoms with E-state index in [1.165, 1.54) is 31.4 Å². The molecule has 2 aromatic carbocycles. The van der Waals surface area contributed by atoms with E-state index < -0.39 is 16.0 Å². The third-order valence-corrected chi connectivity index (χ3v) is 5.24. The fourth-order valence-corrected chi connectivity index (χ4v) is 3.86. The Kier molecular flexibility index (Phi) is 6.33. The van der Waals surface area contributed by atoms with E-state index in [1.807, 2.05) is 44.2 Å². The quantitative estimate of drug-likeness (QED) is 0.766. The van der Waals surface area contributed by atoms with Crippen molar-refractivity contribution in [2.75, 3.05) is 7.11 Å². The highest BCUT2D eigenvalue weighted by atomic mass is 32.2. The van der Waals surface area contributed by atoms with Crippen LogP contribution in [0.25, 0.3) is 0 Å². The molecule has 134 valence electrons. The van der Waals surface area contributed by atoms with E-state index >= 15 is 0 Å². The zero-order chi connectivity index (χ0) is 18.4. The minimum Gasteiger partial charge on any atom is -0.465 e. The van der Waals surface area contributed by atoms with Crippen molar-refractivity contribution in [2.45, 2.75) is 31.2 Å². The summed E-state index contributed by atoms with van der Waals surface area (Å²) in [5.41, 5.74) is 1.11. The van der Waals surface area contributed by atoms with Crippen molar-refractivity contribution < 1.29 is 17.9 Å². The minimum absolute atomic E-state index is 0.0417. The van der Waals surface area contributed by atoms with Crippen LogP contribution >= 0.6 is 0 Å². The van der Waals surface area contributed by atoms with Crippen LogP contribution in [0, 0.1) is 5.92 Å². The van der Waals surface area contributed by atoms with E-state index in [2.05, 4.69) is 9.46 Å². The van der Waals surface area contributed by atoms with Crippen LogP contribution in [0.4, 0.5) is 0 Å². The first-order chi connectivity index (χ1) is 11.8. The fraction of sp³-hybridized carbons (Fsp3) is 0.316. The Morgan fingerprint density at radius 3 is 2.36 bits per heavy atom. The van der Waals surface area contributed by atoms with Gasteiger partial charge < -0.3 is 4.74 Å². The lowest BCUT2D eigenvalue weighted by Gasteiger charge is -2.21. The predicted molar refractivity (Wildman–Crippen MR) is 96.7 cm³/mol. The summed E-state index contributed by atoms with van der Waals surface area (Å²) in [5, 5.41) is 0. The summed E-state index contributed by atoms with van der Waals surface area (Å²) in [5.74, 6) is -0.256. The first-order valence-electron chi connectivity index (χ1n) is 8.09. The molecule has 0 aliphatic heterocycles. The van der Waals surface area contributed by atoms with E-state index in [9.17, 15) is 13.2 Å². The van der Waals surface area contributed by atoms with Crippen molar-refractivity contribution in [2.24, 2.45) is 5.92 Å². The number of methoxy groups -OCH3 is 1. The summed E-state index contributed by atoms with van der Waals surface area (Å²) < 4.78 is 33.0. The summed E-state index contributed by atoms with van der Waals surface area (Å²) in [4.78, 5) is 11.7. The summed E-state index contributed by atoms with van der Waals surface area (Å²) >= 11 is 0. The molecule has 1 N–H and O–H groups in total. The van der Waals surface area contributed by atoms with E-state index in [0.29, 0.717) is 12.3 Å². The van der Waals surface area contributed by atoms with E-state index in [0.717, 1.165) is 5.56 Å². The van der Waals surface area contributed by atoms with E-state index in [4.69, 9.17) is 0 Å². The van der Waals surface area contributed by atoms with Gasteiger partial charge in [0.1, 0.15) is 0 Å². The van der Waals surface area contributed by atoms with Crippen molar-refractivity contribution in [1.82, 2.24) is 4.72 Å². The summed E-state index contributed by atoms with van der Waals surface area (Å²) in [6.07, 6.45) is 0.667. The van der Waals surface area contributed by atoms with Crippen molar-refractivity contribution >= 4 is 16.0 Å². The molecule has 0 aliphatic carbocycles. The molecule has 0 amide bonds. The third kappa shape index (κ3) is 5.14. The molecule has 0 bridgehead atoms. The van der Waals surface area contributed by atoms with Crippen molar-refractivity contribution in [3.63, 3.8) is 0 Å². The van der Waals surface area contributed by atoms with Gasteiger partial charge >= 0.3 is 5.97 Å². The zero-order valence-corrected chi connectivity index (χ0v) is 15.4. The maximum absolute atomic E-state index is 12.8. The van der Waals surface area contributed by atoms with Crippen LogP contribution in [0.1, 0.15) is 42.2 Å². The number of nitrogens with one attached hydrogen (secondary N) is 1. The van der Waals surface area contributed by atoms with Crippen LogP contribution in [0.5, 0.6) is 0 Å². The second-order valence-corrected chi connectivity index (χ2v) is 7.95. The lowest BCUT2D eigenvalue weighted by atomic mass is 9.98. The highest BCUT2D eigenvalue weighted by Gasteiger charge is 2.23. The average molecular weight is 361 g/mol. The Hall–Kier alpha value is -2.18. The first kappa shape index (κ1) is 19.1. The third-order valence-electron chi connectivity index (χ3n) is 3.77. The van der Waals surface area contributed by atoms with Gasteiger partial charge in [-0.1, -0.05) is 50.2 Å². The first-order valence-corrected chi connectivity index (χ1v) is 9.57. The van der Waals surface area contributed by atoms with Gasteiger partial charge in [-0.3, -0.25) is 0 Å². The maximum atomic E-state index is 12.8. The monoisotopic (exact) mass is 361 g/mol. The maximum Gasteiger partial charge on any atom is 0.337 e. The summed E-state index contributed by atoms with van der Waals surface area (Å²) in [6.45, 7) is 4.09. The molecule has 0 fully saturated rings. The molecule has 0 unspecified atom stereocenters.